The molecule has 0 bridgehead atoms. The molecule has 11 heteroatoms. The van der Waals surface area contributed by atoms with E-state index < -0.39 is 0 Å². The molecule has 3 aromatic rings. The van der Waals surface area contributed by atoms with E-state index in [-0.39, 0.29) is 43.5 Å². The number of benzene rings is 3. The van der Waals surface area contributed by atoms with Gasteiger partial charge in [0, 0.05) is 55.7 Å². The number of anilines is 2. The summed E-state index contributed by atoms with van der Waals surface area (Å²) in [6, 6.07) is 18.6. The molecular formula is C34H38FN5O5. The molecule has 0 unspecified atom stereocenters. The fraction of sp³-hybridized carbons (Fsp3) is 0.382. The Bertz CT molecular complexity index is 1500. The molecule has 45 heavy (non-hydrogen) atoms. The topological polar surface area (TPSA) is 103 Å². The Kier molecular flexibility index (Phi) is 9.33. The number of nitrogens with zero attached hydrogens (tertiary/aromatic N) is 3. The third-order valence-electron chi connectivity index (χ3n) is 8.54. The van der Waals surface area contributed by atoms with Gasteiger partial charge in [-0.05, 0) is 73.0 Å². The van der Waals surface area contributed by atoms with Gasteiger partial charge in [0.05, 0.1) is 0 Å². The van der Waals surface area contributed by atoms with Gasteiger partial charge in [0.2, 0.25) is 12.7 Å². The van der Waals surface area contributed by atoms with Crippen molar-refractivity contribution in [2.75, 3.05) is 49.7 Å². The molecule has 4 amide bonds. The average molecular weight is 616 g/mol. The molecule has 1 saturated carbocycles. The van der Waals surface area contributed by atoms with Crippen molar-refractivity contribution in [2.45, 2.75) is 44.7 Å². The summed E-state index contributed by atoms with van der Waals surface area (Å²) in [5.74, 6) is -0.0852. The van der Waals surface area contributed by atoms with E-state index in [4.69, 9.17) is 9.47 Å². The molecule has 2 fully saturated rings. The third kappa shape index (κ3) is 7.65. The van der Waals surface area contributed by atoms with Crippen molar-refractivity contribution in [1.82, 2.24) is 15.1 Å². The van der Waals surface area contributed by atoms with E-state index in [0.717, 1.165) is 31.6 Å². The standard InChI is InChI=1S/C34H38FN5O5/c35-26-9-6-24(7-10-26)21-40(33(42)25-8-15-30-31(20-25)45-23-44-30)22-32(41)36-28-11-13-29(14-12-28)38-16-18-39(19-17-38)34(43)37-27-4-2-1-3-5-27/h6-15,20,27H,1-5,16-19,21-23H2,(H,36,41)(H,37,43). The Morgan fingerprint density at radius 2 is 1.56 bits per heavy atom. The first-order valence-electron chi connectivity index (χ1n) is 15.5. The van der Waals surface area contributed by atoms with E-state index in [9.17, 15) is 18.8 Å². The molecular weight excluding hydrogens is 577 g/mol. The smallest absolute Gasteiger partial charge is 0.317 e. The highest BCUT2D eigenvalue weighted by atomic mass is 19.1. The molecule has 0 spiro atoms. The lowest BCUT2D eigenvalue weighted by molar-refractivity contribution is -0.117. The van der Waals surface area contributed by atoms with Crippen LogP contribution in [0.25, 0.3) is 0 Å². The van der Waals surface area contributed by atoms with E-state index in [1.165, 1.54) is 36.3 Å². The molecule has 236 valence electrons. The number of hydrogen-bond donors (Lipinski definition) is 2. The lowest BCUT2D eigenvalue weighted by Gasteiger charge is -2.37. The van der Waals surface area contributed by atoms with E-state index in [2.05, 4.69) is 15.5 Å². The van der Waals surface area contributed by atoms with Crippen LogP contribution in [0.2, 0.25) is 0 Å². The number of hydrogen-bond acceptors (Lipinski definition) is 6. The van der Waals surface area contributed by atoms with Crippen LogP contribution in [0.1, 0.15) is 48.0 Å². The normalized spacial score (nSPS) is 16.3. The number of carbonyl (C=O) groups excluding carboxylic acids is 3. The van der Waals surface area contributed by atoms with Crippen molar-refractivity contribution in [2.24, 2.45) is 0 Å². The number of rotatable bonds is 8. The number of piperazine rings is 1. The maximum absolute atomic E-state index is 13.5. The van der Waals surface area contributed by atoms with Gasteiger partial charge in [-0.2, -0.15) is 0 Å². The Morgan fingerprint density at radius 3 is 2.29 bits per heavy atom. The molecule has 2 N–H and O–H groups in total. The number of halogens is 1. The number of amides is 4. The summed E-state index contributed by atoms with van der Waals surface area (Å²) in [5.41, 5.74) is 2.65. The van der Waals surface area contributed by atoms with Crippen molar-refractivity contribution in [3.05, 3.63) is 83.7 Å². The Labute approximate surface area is 262 Å². The van der Waals surface area contributed by atoms with E-state index in [0.29, 0.717) is 47.4 Å². The van der Waals surface area contributed by atoms with Crippen LogP contribution in [-0.4, -0.2) is 73.2 Å². The van der Waals surface area contributed by atoms with Gasteiger partial charge in [0.25, 0.3) is 5.91 Å². The maximum atomic E-state index is 13.5. The highest BCUT2D eigenvalue weighted by Gasteiger charge is 2.25. The molecule has 6 rings (SSSR count). The number of ether oxygens (including phenoxy) is 2. The fourth-order valence-electron chi connectivity index (χ4n) is 6.03. The van der Waals surface area contributed by atoms with Gasteiger partial charge in [-0.3, -0.25) is 9.59 Å². The Balaban J connectivity index is 1.04. The van der Waals surface area contributed by atoms with Gasteiger partial charge in [-0.15, -0.1) is 0 Å². The van der Waals surface area contributed by atoms with Gasteiger partial charge in [-0.25, -0.2) is 9.18 Å². The van der Waals surface area contributed by atoms with Gasteiger partial charge < -0.3 is 34.8 Å². The molecule has 1 saturated heterocycles. The van der Waals surface area contributed by atoms with E-state index in [1.807, 2.05) is 29.2 Å². The predicted octanol–water partition coefficient (Wildman–Crippen LogP) is 5.00. The molecule has 10 nitrogen and oxygen atoms in total. The first-order valence-corrected chi connectivity index (χ1v) is 15.5. The molecule has 2 aliphatic heterocycles. The fourth-order valence-corrected chi connectivity index (χ4v) is 6.03. The average Bonchev–Trinajstić information content (AvgIpc) is 3.54. The van der Waals surface area contributed by atoms with Gasteiger partial charge >= 0.3 is 6.03 Å². The lowest BCUT2D eigenvalue weighted by atomic mass is 9.96. The van der Waals surface area contributed by atoms with E-state index >= 15 is 0 Å². The molecule has 3 aliphatic rings. The van der Waals surface area contributed by atoms with Crippen molar-refractivity contribution >= 4 is 29.2 Å². The highest BCUT2D eigenvalue weighted by Crippen LogP contribution is 2.33. The summed E-state index contributed by atoms with van der Waals surface area (Å²) in [6.45, 7) is 2.74. The summed E-state index contributed by atoms with van der Waals surface area (Å²) in [6.07, 6.45) is 5.75. The predicted molar refractivity (Wildman–Crippen MR) is 168 cm³/mol. The highest BCUT2D eigenvalue weighted by molar-refractivity contribution is 5.99. The van der Waals surface area contributed by atoms with Crippen LogP contribution in [0.15, 0.2) is 66.7 Å². The van der Waals surface area contributed by atoms with Gasteiger partial charge in [0.1, 0.15) is 12.4 Å². The summed E-state index contributed by atoms with van der Waals surface area (Å²) in [7, 11) is 0. The third-order valence-corrected chi connectivity index (χ3v) is 8.54. The van der Waals surface area contributed by atoms with Crippen LogP contribution in [0, 0.1) is 5.82 Å². The minimum Gasteiger partial charge on any atom is -0.454 e. The summed E-state index contributed by atoms with van der Waals surface area (Å²) >= 11 is 0. The first kappa shape index (κ1) is 30.2. The number of urea groups is 1. The van der Waals surface area contributed by atoms with E-state index in [1.54, 1.807) is 30.3 Å². The van der Waals surface area contributed by atoms with Crippen LogP contribution in [0.4, 0.5) is 20.6 Å². The Hall–Kier alpha value is -4.80. The zero-order chi connectivity index (χ0) is 31.2. The maximum Gasteiger partial charge on any atom is 0.317 e. The number of carbonyl (C=O) groups is 3. The largest absolute Gasteiger partial charge is 0.454 e. The van der Waals surface area contributed by atoms with Crippen LogP contribution in [-0.2, 0) is 11.3 Å². The molecule has 1 aliphatic carbocycles. The second-order valence-corrected chi connectivity index (χ2v) is 11.7. The minimum atomic E-state index is -0.379. The minimum absolute atomic E-state index is 0.0325. The number of fused-ring (bicyclic) bond motifs is 1. The van der Waals surface area contributed by atoms with Crippen LogP contribution >= 0.6 is 0 Å². The monoisotopic (exact) mass is 615 g/mol. The second-order valence-electron chi connectivity index (χ2n) is 11.7. The number of nitrogens with one attached hydrogen (secondary N) is 2. The van der Waals surface area contributed by atoms with Crippen LogP contribution in [0.3, 0.4) is 0 Å². The van der Waals surface area contributed by atoms with Crippen molar-refractivity contribution in [3.63, 3.8) is 0 Å². The molecule has 0 radical (unpaired) electrons. The SMILES string of the molecule is O=C(CN(Cc1ccc(F)cc1)C(=O)c1ccc2c(c1)OCO2)Nc1ccc(N2CCN(C(=O)NC3CCCCC3)CC2)cc1. The Morgan fingerprint density at radius 1 is 0.844 bits per heavy atom. The first-order chi connectivity index (χ1) is 21.9. The molecule has 0 aromatic heterocycles. The van der Waals surface area contributed by atoms with Crippen LogP contribution < -0.4 is 25.0 Å². The zero-order valence-corrected chi connectivity index (χ0v) is 25.2. The van der Waals surface area contributed by atoms with Crippen molar-refractivity contribution in [1.29, 1.82) is 0 Å². The summed E-state index contributed by atoms with van der Waals surface area (Å²) in [5, 5.41) is 6.09. The molecule has 0 atom stereocenters. The van der Waals surface area contributed by atoms with Gasteiger partial charge in [0.15, 0.2) is 11.5 Å². The van der Waals surface area contributed by atoms with Gasteiger partial charge in [-0.1, -0.05) is 31.4 Å². The molecule has 3 aromatic carbocycles. The van der Waals surface area contributed by atoms with Crippen LogP contribution in [0.5, 0.6) is 11.5 Å². The lowest BCUT2D eigenvalue weighted by Crippen LogP contribution is -2.53. The second kappa shape index (κ2) is 13.9. The quantitative estimate of drug-likeness (QED) is 0.370. The van der Waals surface area contributed by atoms with Crippen molar-refractivity contribution < 1.29 is 28.2 Å². The van der Waals surface area contributed by atoms with Crippen molar-refractivity contribution in [3.8, 4) is 11.5 Å². The summed E-state index contributed by atoms with van der Waals surface area (Å²) < 4.78 is 24.3. The molecule has 2 heterocycles. The summed E-state index contributed by atoms with van der Waals surface area (Å²) in [4.78, 5) is 44.9. The zero-order valence-electron chi connectivity index (χ0n) is 25.2.